The smallest absolute Gasteiger partial charge is 0.335 e. The molecule has 1 heterocycles. The van der Waals surface area contributed by atoms with Crippen molar-refractivity contribution in [1.29, 1.82) is 0 Å². The molecule has 0 spiro atoms. The minimum absolute atomic E-state index is 0.321. The third-order valence-electron chi connectivity index (χ3n) is 5.64. The van der Waals surface area contributed by atoms with Crippen LogP contribution in [0.25, 0.3) is 16.6 Å². The van der Waals surface area contributed by atoms with Crippen molar-refractivity contribution in [3.8, 4) is 0 Å². The van der Waals surface area contributed by atoms with Gasteiger partial charge in [-0.2, -0.15) is 0 Å². The highest BCUT2D eigenvalue weighted by Crippen LogP contribution is 2.34. The van der Waals surface area contributed by atoms with Crippen LogP contribution in [0.15, 0.2) is 79.1 Å². The first-order chi connectivity index (χ1) is 14.2. The molecule has 4 heteroatoms. The van der Waals surface area contributed by atoms with Crippen LogP contribution in [-0.4, -0.2) is 20.6 Å². The molecule has 4 nitrogen and oxygen atoms in total. The number of carboxylic acid groups (broad SMARTS) is 1. The fourth-order valence-corrected chi connectivity index (χ4v) is 4.16. The lowest BCUT2D eigenvalue weighted by molar-refractivity contribution is 0.0697. The molecule has 29 heavy (non-hydrogen) atoms. The molecule has 0 saturated heterocycles. The number of benzene rings is 3. The predicted molar refractivity (Wildman–Crippen MR) is 114 cm³/mol. The molecule has 0 bridgehead atoms. The van der Waals surface area contributed by atoms with Gasteiger partial charge in [0.05, 0.1) is 22.9 Å². The molecule has 3 aromatic carbocycles. The average Bonchev–Trinajstić information content (AvgIpc) is 3.09. The Labute approximate surface area is 168 Å². The number of nitrogens with zero attached hydrogens (tertiary/aromatic N) is 2. The van der Waals surface area contributed by atoms with Crippen molar-refractivity contribution in [2.75, 3.05) is 0 Å². The third-order valence-corrected chi connectivity index (χ3v) is 5.64. The van der Waals surface area contributed by atoms with Crippen molar-refractivity contribution < 1.29 is 9.90 Å². The van der Waals surface area contributed by atoms with E-state index in [9.17, 15) is 9.90 Å². The quantitative estimate of drug-likeness (QED) is 0.546. The van der Waals surface area contributed by atoms with Crippen LogP contribution in [0.5, 0.6) is 0 Å². The van der Waals surface area contributed by atoms with Crippen LogP contribution in [-0.2, 0) is 19.4 Å². The minimum atomic E-state index is -0.898. The topological polar surface area (TPSA) is 55.1 Å². The van der Waals surface area contributed by atoms with Crippen molar-refractivity contribution in [2.45, 2.75) is 19.4 Å². The molecule has 0 aliphatic heterocycles. The van der Waals surface area contributed by atoms with Gasteiger partial charge < -0.3 is 9.67 Å². The van der Waals surface area contributed by atoms with Crippen LogP contribution in [0.3, 0.4) is 0 Å². The Hall–Kier alpha value is -3.66. The molecule has 4 aromatic rings. The highest BCUT2D eigenvalue weighted by atomic mass is 16.4. The van der Waals surface area contributed by atoms with Crippen molar-refractivity contribution >= 4 is 22.6 Å². The number of hydrogen-bond donors (Lipinski definition) is 1. The number of carbonyl (C=O) groups is 1. The standard InChI is InChI=1S/C25H20N2O2/c28-25(29)19-12-11-18-10-9-17-5-1-2-6-20(17)21(22(18)15-19)13-14-27-16-26-23-7-3-4-8-24(23)27/h1-8,11-13,15-16H,9-10,14H2,(H,28,29). The molecule has 1 aromatic heterocycles. The number of hydrogen-bond acceptors (Lipinski definition) is 2. The Morgan fingerprint density at radius 3 is 2.59 bits per heavy atom. The van der Waals surface area contributed by atoms with Crippen molar-refractivity contribution in [1.82, 2.24) is 9.55 Å². The number of fused-ring (bicyclic) bond motifs is 3. The minimum Gasteiger partial charge on any atom is -0.478 e. The second-order valence-electron chi connectivity index (χ2n) is 7.34. The first kappa shape index (κ1) is 17.4. The molecule has 142 valence electrons. The molecule has 0 unspecified atom stereocenters. The maximum atomic E-state index is 11.6. The summed E-state index contributed by atoms with van der Waals surface area (Å²) in [5.41, 5.74) is 8.15. The van der Waals surface area contributed by atoms with Gasteiger partial charge in [-0.3, -0.25) is 0 Å². The summed E-state index contributed by atoms with van der Waals surface area (Å²) in [5.74, 6) is -0.898. The lowest BCUT2D eigenvalue weighted by atomic mass is 9.92. The molecular formula is C25H20N2O2. The second kappa shape index (κ2) is 7.06. The zero-order chi connectivity index (χ0) is 19.8. The first-order valence-electron chi connectivity index (χ1n) is 9.75. The molecule has 0 radical (unpaired) electrons. The maximum absolute atomic E-state index is 11.6. The average molecular weight is 380 g/mol. The summed E-state index contributed by atoms with van der Waals surface area (Å²) in [6.07, 6.45) is 5.90. The molecule has 1 aliphatic carbocycles. The van der Waals surface area contributed by atoms with E-state index in [0.29, 0.717) is 12.1 Å². The van der Waals surface area contributed by atoms with E-state index in [1.165, 1.54) is 16.7 Å². The normalized spacial score (nSPS) is 14.4. The molecule has 0 amide bonds. The van der Waals surface area contributed by atoms with Crippen LogP contribution >= 0.6 is 0 Å². The number of imidazole rings is 1. The van der Waals surface area contributed by atoms with Gasteiger partial charge in [-0.25, -0.2) is 9.78 Å². The van der Waals surface area contributed by atoms with Gasteiger partial charge in [0.15, 0.2) is 0 Å². The number of allylic oxidation sites excluding steroid dienone is 1. The summed E-state index contributed by atoms with van der Waals surface area (Å²) >= 11 is 0. The number of aromatic carboxylic acids is 1. The van der Waals surface area contributed by atoms with Crippen molar-refractivity contribution in [3.05, 3.63) is 107 Å². The van der Waals surface area contributed by atoms with Crippen LogP contribution in [0, 0.1) is 0 Å². The lowest BCUT2D eigenvalue weighted by Gasteiger charge is -2.13. The third kappa shape index (κ3) is 3.13. The number of carboxylic acids is 1. The van der Waals surface area contributed by atoms with Gasteiger partial charge in [-0.05, 0) is 64.9 Å². The Balaban J connectivity index is 1.66. The van der Waals surface area contributed by atoms with E-state index in [2.05, 4.69) is 39.9 Å². The van der Waals surface area contributed by atoms with E-state index < -0.39 is 5.97 Å². The fourth-order valence-electron chi connectivity index (χ4n) is 4.16. The van der Waals surface area contributed by atoms with Crippen molar-refractivity contribution in [3.63, 3.8) is 0 Å². The summed E-state index contributed by atoms with van der Waals surface area (Å²) in [5, 5.41) is 9.50. The molecule has 0 saturated carbocycles. The largest absolute Gasteiger partial charge is 0.478 e. The number of rotatable bonds is 3. The monoisotopic (exact) mass is 380 g/mol. The van der Waals surface area contributed by atoms with Gasteiger partial charge in [0.2, 0.25) is 0 Å². The van der Waals surface area contributed by atoms with Crippen LogP contribution in [0.4, 0.5) is 0 Å². The number of aromatic nitrogens is 2. The van der Waals surface area contributed by atoms with Gasteiger partial charge in [-0.1, -0.05) is 48.5 Å². The van der Waals surface area contributed by atoms with Crippen LogP contribution < -0.4 is 0 Å². The Morgan fingerprint density at radius 2 is 1.72 bits per heavy atom. The van der Waals surface area contributed by atoms with Crippen molar-refractivity contribution in [2.24, 2.45) is 0 Å². The molecule has 0 fully saturated rings. The highest BCUT2D eigenvalue weighted by Gasteiger charge is 2.19. The SMILES string of the molecule is O=C(O)c1ccc2c(c1)C(=CCn1cnc3ccccc31)c1ccccc1CC2. The number of aryl methyl sites for hydroxylation is 2. The molecule has 5 rings (SSSR count). The Morgan fingerprint density at radius 1 is 0.966 bits per heavy atom. The molecule has 1 aliphatic rings. The molecule has 1 N–H and O–H groups in total. The van der Waals surface area contributed by atoms with E-state index in [1.807, 2.05) is 42.7 Å². The molecule has 0 atom stereocenters. The van der Waals surface area contributed by atoms with Gasteiger partial charge in [0, 0.05) is 6.54 Å². The zero-order valence-corrected chi connectivity index (χ0v) is 15.9. The van der Waals surface area contributed by atoms with E-state index in [-0.39, 0.29) is 0 Å². The predicted octanol–water partition coefficient (Wildman–Crippen LogP) is 4.97. The maximum Gasteiger partial charge on any atom is 0.335 e. The Bertz CT molecular complexity index is 1270. The fraction of sp³-hybridized carbons (Fsp3) is 0.120. The van der Waals surface area contributed by atoms with Gasteiger partial charge >= 0.3 is 5.97 Å². The number of para-hydroxylation sites is 2. The van der Waals surface area contributed by atoms with E-state index in [1.54, 1.807) is 6.07 Å². The summed E-state index contributed by atoms with van der Waals surface area (Å²) in [7, 11) is 0. The van der Waals surface area contributed by atoms with E-state index >= 15 is 0 Å². The summed E-state index contributed by atoms with van der Waals surface area (Å²) in [4.78, 5) is 16.1. The first-order valence-corrected chi connectivity index (χ1v) is 9.75. The molecular weight excluding hydrogens is 360 g/mol. The second-order valence-corrected chi connectivity index (χ2v) is 7.34. The van der Waals surface area contributed by atoms with Gasteiger partial charge in [0.1, 0.15) is 0 Å². The Kier molecular flexibility index (Phi) is 4.24. The summed E-state index contributed by atoms with van der Waals surface area (Å²) in [6, 6.07) is 22.0. The zero-order valence-electron chi connectivity index (χ0n) is 15.9. The van der Waals surface area contributed by atoms with Crippen LogP contribution in [0.2, 0.25) is 0 Å². The summed E-state index contributed by atoms with van der Waals surface area (Å²) in [6.45, 7) is 0.668. The van der Waals surface area contributed by atoms with Gasteiger partial charge in [-0.15, -0.1) is 0 Å². The lowest BCUT2D eigenvalue weighted by Crippen LogP contribution is -2.01. The highest BCUT2D eigenvalue weighted by molar-refractivity contribution is 5.91. The van der Waals surface area contributed by atoms with Crippen LogP contribution in [0.1, 0.15) is 32.6 Å². The van der Waals surface area contributed by atoms with Gasteiger partial charge in [0.25, 0.3) is 0 Å². The van der Waals surface area contributed by atoms with E-state index in [0.717, 1.165) is 35.0 Å². The summed E-state index contributed by atoms with van der Waals surface area (Å²) < 4.78 is 2.12. The van der Waals surface area contributed by atoms with E-state index in [4.69, 9.17) is 0 Å².